The molecule has 4 heteroatoms. The molecule has 0 bridgehead atoms. The summed E-state index contributed by atoms with van der Waals surface area (Å²) in [5, 5.41) is 4.07. The highest BCUT2D eigenvalue weighted by Gasteiger charge is 2.43. The number of hydrogen-bond donors (Lipinski definition) is 0. The zero-order valence-corrected chi connectivity index (χ0v) is 11.5. The highest BCUT2D eigenvalue weighted by atomic mass is 16.5. The summed E-state index contributed by atoms with van der Waals surface area (Å²) in [6, 6.07) is 16.4. The van der Waals surface area contributed by atoms with Gasteiger partial charge in [0.2, 0.25) is 5.89 Å². The van der Waals surface area contributed by atoms with Gasteiger partial charge in [-0.05, 0) is 30.0 Å². The molecule has 21 heavy (non-hydrogen) atoms. The summed E-state index contributed by atoms with van der Waals surface area (Å²) < 4.78 is 5.42. The molecule has 1 saturated carbocycles. The van der Waals surface area contributed by atoms with Gasteiger partial charge in [-0.2, -0.15) is 4.98 Å². The molecule has 0 aliphatic heterocycles. The first-order valence-electron chi connectivity index (χ1n) is 7.17. The minimum atomic E-state index is 0.373. The SMILES string of the molecule is c1ccc([C@@H]2CC2c2nc(Cc3ccccn3)no2)cc1. The van der Waals surface area contributed by atoms with Crippen molar-refractivity contribution in [2.45, 2.75) is 24.7 Å². The van der Waals surface area contributed by atoms with Crippen molar-refractivity contribution in [3.8, 4) is 0 Å². The summed E-state index contributed by atoms with van der Waals surface area (Å²) in [6.07, 6.45) is 3.49. The van der Waals surface area contributed by atoms with Gasteiger partial charge in [-0.1, -0.05) is 41.6 Å². The second kappa shape index (κ2) is 5.13. The van der Waals surface area contributed by atoms with Crippen molar-refractivity contribution in [2.24, 2.45) is 0 Å². The summed E-state index contributed by atoms with van der Waals surface area (Å²) in [7, 11) is 0. The van der Waals surface area contributed by atoms with Gasteiger partial charge in [-0.15, -0.1) is 0 Å². The van der Waals surface area contributed by atoms with E-state index in [1.165, 1.54) is 5.56 Å². The van der Waals surface area contributed by atoms with Crippen molar-refractivity contribution in [3.05, 3.63) is 77.7 Å². The van der Waals surface area contributed by atoms with Crippen LogP contribution in [-0.4, -0.2) is 15.1 Å². The second-order valence-corrected chi connectivity index (χ2v) is 5.41. The zero-order chi connectivity index (χ0) is 14.1. The molecule has 1 fully saturated rings. The molecule has 104 valence electrons. The van der Waals surface area contributed by atoms with Gasteiger partial charge in [0, 0.05) is 17.8 Å². The minimum absolute atomic E-state index is 0.373. The second-order valence-electron chi connectivity index (χ2n) is 5.41. The Morgan fingerprint density at radius 3 is 2.67 bits per heavy atom. The molecule has 1 aliphatic carbocycles. The fourth-order valence-corrected chi connectivity index (χ4v) is 2.69. The van der Waals surface area contributed by atoms with E-state index in [9.17, 15) is 0 Å². The maximum Gasteiger partial charge on any atom is 0.230 e. The van der Waals surface area contributed by atoms with E-state index in [0.717, 1.165) is 18.0 Å². The molecule has 0 amide bonds. The Morgan fingerprint density at radius 2 is 1.86 bits per heavy atom. The van der Waals surface area contributed by atoms with Crippen LogP contribution < -0.4 is 0 Å². The Hall–Kier alpha value is -2.49. The van der Waals surface area contributed by atoms with Gasteiger partial charge in [0.25, 0.3) is 0 Å². The normalized spacial score (nSPS) is 20.4. The van der Waals surface area contributed by atoms with Crippen LogP contribution in [0.2, 0.25) is 0 Å². The summed E-state index contributed by atoms with van der Waals surface area (Å²) in [6.45, 7) is 0. The van der Waals surface area contributed by atoms with Gasteiger partial charge in [-0.3, -0.25) is 4.98 Å². The van der Waals surface area contributed by atoms with Gasteiger partial charge < -0.3 is 4.52 Å². The average Bonchev–Trinajstić information content (AvgIpc) is 3.22. The molecule has 2 atom stereocenters. The van der Waals surface area contributed by atoms with Crippen LogP contribution in [0.15, 0.2) is 59.3 Å². The number of pyridine rings is 1. The molecule has 1 unspecified atom stereocenters. The Bertz CT molecular complexity index is 724. The fourth-order valence-electron chi connectivity index (χ4n) is 2.69. The highest BCUT2D eigenvalue weighted by Crippen LogP contribution is 2.53. The molecule has 1 aromatic carbocycles. The molecule has 0 radical (unpaired) electrons. The van der Waals surface area contributed by atoms with Crippen molar-refractivity contribution in [2.75, 3.05) is 0 Å². The van der Waals surface area contributed by atoms with Gasteiger partial charge >= 0.3 is 0 Å². The molecule has 2 heterocycles. The molecule has 2 aromatic heterocycles. The molecule has 0 spiro atoms. The van der Waals surface area contributed by atoms with E-state index in [1.807, 2.05) is 24.3 Å². The molecule has 3 aromatic rings. The largest absolute Gasteiger partial charge is 0.339 e. The Balaban J connectivity index is 1.47. The third-order valence-electron chi connectivity index (χ3n) is 3.88. The number of hydrogen-bond acceptors (Lipinski definition) is 4. The average molecular weight is 277 g/mol. The van der Waals surface area contributed by atoms with Crippen LogP contribution in [0, 0.1) is 0 Å². The van der Waals surface area contributed by atoms with E-state index in [0.29, 0.717) is 24.1 Å². The van der Waals surface area contributed by atoms with Crippen LogP contribution in [0.1, 0.15) is 41.2 Å². The molecule has 4 rings (SSSR count). The molecule has 0 saturated heterocycles. The van der Waals surface area contributed by atoms with Crippen molar-refractivity contribution in [3.63, 3.8) is 0 Å². The Kier molecular flexibility index (Phi) is 2.99. The summed E-state index contributed by atoms with van der Waals surface area (Å²) in [5.74, 6) is 2.36. The fraction of sp³-hybridized carbons (Fsp3) is 0.235. The number of benzene rings is 1. The predicted octanol–water partition coefficient (Wildman–Crippen LogP) is 3.33. The topological polar surface area (TPSA) is 51.8 Å². The van der Waals surface area contributed by atoms with E-state index < -0.39 is 0 Å². The maximum atomic E-state index is 5.42. The quantitative estimate of drug-likeness (QED) is 0.734. The lowest BCUT2D eigenvalue weighted by Gasteiger charge is -1.96. The van der Waals surface area contributed by atoms with Crippen molar-refractivity contribution in [1.82, 2.24) is 15.1 Å². The van der Waals surface area contributed by atoms with E-state index in [2.05, 4.69) is 39.4 Å². The van der Waals surface area contributed by atoms with Crippen molar-refractivity contribution >= 4 is 0 Å². The molecule has 1 aliphatic rings. The van der Waals surface area contributed by atoms with Crippen LogP contribution in [0.25, 0.3) is 0 Å². The van der Waals surface area contributed by atoms with Gasteiger partial charge in [-0.25, -0.2) is 0 Å². The van der Waals surface area contributed by atoms with Crippen LogP contribution >= 0.6 is 0 Å². The van der Waals surface area contributed by atoms with Gasteiger partial charge in [0.1, 0.15) is 0 Å². The number of nitrogens with zero attached hydrogens (tertiary/aromatic N) is 3. The standard InChI is InChI=1S/C17H15N3O/c1-2-6-12(7-3-1)14-11-15(14)17-19-16(20-21-17)10-13-8-4-5-9-18-13/h1-9,14-15H,10-11H2/t14-,15?/m0/s1. The van der Waals surface area contributed by atoms with E-state index in [4.69, 9.17) is 4.52 Å². The monoisotopic (exact) mass is 277 g/mol. The maximum absolute atomic E-state index is 5.42. The van der Waals surface area contributed by atoms with E-state index in [-0.39, 0.29) is 0 Å². The lowest BCUT2D eigenvalue weighted by molar-refractivity contribution is 0.373. The molecule has 0 N–H and O–H groups in total. The lowest BCUT2D eigenvalue weighted by atomic mass is 10.1. The summed E-state index contributed by atoms with van der Waals surface area (Å²) >= 11 is 0. The first-order valence-corrected chi connectivity index (χ1v) is 7.17. The first kappa shape index (κ1) is 12.3. The van der Waals surface area contributed by atoms with Crippen LogP contribution in [0.5, 0.6) is 0 Å². The molecular weight excluding hydrogens is 262 g/mol. The molecule has 4 nitrogen and oxygen atoms in total. The van der Waals surface area contributed by atoms with Gasteiger partial charge in [0.05, 0.1) is 6.42 Å². The molecular formula is C17H15N3O. The zero-order valence-electron chi connectivity index (χ0n) is 11.5. The van der Waals surface area contributed by atoms with E-state index >= 15 is 0 Å². The summed E-state index contributed by atoms with van der Waals surface area (Å²) in [5.41, 5.74) is 2.31. The number of rotatable bonds is 4. The smallest absolute Gasteiger partial charge is 0.230 e. The first-order chi connectivity index (χ1) is 10.4. The Labute approximate surface area is 122 Å². The van der Waals surface area contributed by atoms with Gasteiger partial charge in [0.15, 0.2) is 5.82 Å². The van der Waals surface area contributed by atoms with Crippen LogP contribution in [-0.2, 0) is 6.42 Å². The highest BCUT2D eigenvalue weighted by molar-refractivity contribution is 5.30. The third kappa shape index (κ3) is 2.57. The third-order valence-corrected chi connectivity index (χ3v) is 3.88. The lowest BCUT2D eigenvalue weighted by Crippen LogP contribution is -1.93. The predicted molar refractivity (Wildman–Crippen MR) is 77.9 cm³/mol. The summed E-state index contributed by atoms with van der Waals surface area (Å²) in [4.78, 5) is 8.81. The number of aromatic nitrogens is 3. The van der Waals surface area contributed by atoms with Crippen molar-refractivity contribution in [1.29, 1.82) is 0 Å². The Morgan fingerprint density at radius 1 is 1.00 bits per heavy atom. The minimum Gasteiger partial charge on any atom is -0.339 e. The van der Waals surface area contributed by atoms with E-state index in [1.54, 1.807) is 6.20 Å². The van der Waals surface area contributed by atoms with Crippen LogP contribution in [0.3, 0.4) is 0 Å². The van der Waals surface area contributed by atoms with Crippen molar-refractivity contribution < 1.29 is 4.52 Å². The van der Waals surface area contributed by atoms with Crippen LogP contribution in [0.4, 0.5) is 0 Å².